The Kier molecular flexibility index (Phi) is 4.84. The Morgan fingerprint density at radius 2 is 2.09 bits per heavy atom. The van der Waals surface area contributed by atoms with Gasteiger partial charge in [0.2, 0.25) is 5.91 Å². The molecule has 0 atom stereocenters. The Hall–Kier alpha value is -1.73. The number of aromatic nitrogens is 2. The van der Waals surface area contributed by atoms with Crippen molar-refractivity contribution < 1.29 is 9.53 Å². The van der Waals surface area contributed by atoms with Crippen molar-refractivity contribution in [1.29, 1.82) is 0 Å². The molecular formula is C15H22N4O3. The molecule has 2 aliphatic rings. The van der Waals surface area contributed by atoms with Crippen molar-refractivity contribution >= 4 is 5.91 Å². The van der Waals surface area contributed by atoms with E-state index in [4.69, 9.17) is 4.74 Å². The van der Waals surface area contributed by atoms with Crippen molar-refractivity contribution in [2.24, 2.45) is 0 Å². The SMILES string of the molecule is O=C(Cn1nc(C2CC2)ccc1=O)NCCN1CCOCC1. The number of hydrogen-bond donors (Lipinski definition) is 1. The zero-order valence-electron chi connectivity index (χ0n) is 12.7. The van der Waals surface area contributed by atoms with Crippen molar-refractivity contribution in [3.63, 3.8) is 0 Å². The monoisotopic (exact) mass is 306 g/mol. The Morgan fingerprint density at radius 1 is 1.32 bits per heavy atom. The molecule has 2 heterocycles. The Balaban J connectivity index is 1.46. The summed E-state index contributed by atoms with van der Waals surface area (Å²) in [5.41, 5.74) is 0.688. The number of morpholine rings is 1. The normalized spacial score (nSPS) is 19.1. The number of ether oxygens (including phenoxy) is 1. The lowest BCUT2D eigenvalue weighted by Gasteiger charge is -2.26. The summed E-state index contributed by atoms with van der Waals surface area (Å²) in [4.78, 5) is 26.0. The van der Waals surface area contributed by atoms with E-state index in [1.54, 1.807) is 6.07 Å². The van der Waals surface area contributed by atoms with E-state index < -0.39 is 0 Å². The van der Waals surface area contributed by atoms with Crippen LogP contribution in [0.3, 0.4) is 0 Å². The molecule has 1 aliphatic heterocycles. The maximum Gasteiger partial charge on any atom is 0.267 e. The average Bonchev–Trinajstić information content (AvgIpc) is 3.35. The first-order chi connectivity index (χ1) is 10.7. The summed E-state index contributed by atoms with van der Waals surface area (Å²) < 4.78 is 6.54. The van der Waals surface area contributed by atoms with Gasteiger partial charge in [-0.1, -0.05) is 0 Å². The van der Waals surface area contributed by atoms with Gasteiger partial charge in [0.1, 0.15) is 6.54 Å². The van der Waals surface area contributed by atoms with Crippen molar-refractivity contribution in [1.82, 2.24) is 20.0 Å². The molecule has 0 radical (unpaired) electrons. The Bertz CT molecular complexity index is 576. The third-order valence-electron chi connectivity index (χ3n) is 4.03. The molecule has 1 aromatic rings. The van der Waals surface area contributed by atoms with Crippen LogP contribution in [0.5, 0.6) is 0 Å². The summed E-state index contributed by atoms with van der Waals surface area (Å²) in [7, 11) is 0. The van der Waals surface area contributed by atoms with Crippen LogP contribution in [0.25, 0.3) is 0 Å². The molecule has 2 fully saturated rings. The molecule has 22 heavy (non-hydrogen) atoms. The summed E-state index contributed by atoms with van der Waals surface area (Å²) in [6, 6.07) is 3.27. The fraction of sp³-hybridized carbons (Fsp3) is 0.667. The van der Waals surface area contributed by atoms with Gasteiger partial charge in [0, 0.05) is 38.2 Å². The molecule has 0 aromatic carbocycles. The maximum atomic E-state index is 11.9. The lowest BCUT2D eigenvalue weighted by Crippen LogP contribution is -2.42. The molecule has 1 saturated heterocycles. The lowest BCUT2D eigenvalue weighted by atomic mass is 10.3. The van der Waals surface area contributed by atoms with Gasteiger partial charge in [-0.2, -0.15) is 5.10 Å². The molecule has 1 saturated carbocycles. The molecule has 1 amide bonds. The second-order valence-corrected chi connectivity index (χ2v) is 5.83. The van der Waals surface area contributed by atoms with Crippen LogP contribution >= 0.6 is 0 Å². The van der Waals surface area contributed by atoms with Crippen LogP contribution in [-0.2, 0) is 16.1 Å². The molecule has 0 unspecified atom stereocenters. The predicted octanol–water partition coefficient (Wildman–Crippen LogP) is -0.431. The first-order valence-electron chi connectivity index (χ1n) is 7.87. The third-order valence-corrected chi connectivity index (χ3v) is 4.03. The largest absolute Gasteiger partial charge is 0.379 e. The molecule has 1 aromatic heterocycles. The van der Waals surface area contributed by atoms with Crippen molar-refractivity contribution in [3.8, 4) is 0 Å². The Labute approximate surface area is 129 Å². The van der Waals surface area contributed by atoms with E-state index in [0.717, 1.165) is 51.4 Å². The minimum absolute atomic E-state index is 0.0114. The van der Waals surface area contributed by atoms with Gasteiger partial charge in [-0.25, -0.2) is 4.68 Å². The van der Waals surface area contributed by atoms with E-state index in [9.17, 15) is 9.59 Å². The molecule has 120 valence electrons. The molecule has 7 heteroatoms. The van der Waals surface area contributed by atoms with Gasteiger partial charge < -0.3 is 10.1 Å². The van der Waals surface area contributed by atoms with E-state index in [2.05, 4.69) is 15.3 Å². The molecule has 7 nitrogen and oxygen atoms in total. The molecule has 0 spiro atoms. The number of rotatable bonds is 6. The smallest absolute Gasteiger partial charge is 0.267 e. The minimum Gasteiger partial charge on any atom is -0.379 e. The number of carbonyl (C=O) groups excluding carboxylic acids is 1. The summed E-state index contributed by atoms with van der Waals surface area (Å²) >= 11 is 0. The van der Waals surface area contributed by atoms with E-state index >= 15 is 0 Å². The number of nitrogens with zero attached hydrogens (tertiary/aromatic N) is 3. The van der Waals surface area contributed by atoms with Gasteiger partial charge in [-0.15, -0.1) is 0 Å². The highest BCUT2D eigenvalue weighted by atomic mass is 16.5. The second kappa shape index (κ2) is 7.02. The highest BCUT2D eigenvalue weighted by Crippen LogP contribution is 2.38. The van der Waals surface area contributed by atoms with Crippen LogP contribution in [0.4, 0.5) is 0 Å². The average molecular weight is 306 g/mol. The zero-order valence-corrected chi connectivity index (χ0v) is 12.7. The van der Waals surface area contributed by atoms with Crippen molar-refractivity contribution in [3.05, 3.63) is 28.2 Å². The van der Waals surface area contributed by atoms with Gasteiger partial charge in [0.25, 0.3) is 5.56 Å². The lowest BCUT2D eigenvalue weighted by molar-refractivity contribution is -0.122. The van der Waals surface area contributed by atoms with Crippen LogP contribution in [0.15, 0.2) is 16.9 Å². The van der Waals surface area contributed by atoms with Gasteiger partial charge in [-0.3, -0.25) is 14.5 Å². The highest BCUT2D eigenvalue weighted by molar-refractivity contribution is 5.75. The van der Waals surface area contributed by atoms with Gasteiger partial charge in [0.05, 0.1) is 18.9 Å². The van der Waals surface area contributed by atoms with Crippen LogP contribution in [0.1, 0.15) is 24.5 Å². The maximum absolute atomic E-state index is 11.9. The van der Waals surface area contributed by atoms with Gasteiger partial charge in [-0.05, 0) is 18.9 Å². The molecule has 1 N–H and O–H groups in total. The summed E-state index contributed by atoms with van der Waals surface area (Å²) in [5, 5.41) is 7.14. The summed E-state index contributed by atoms with van der Waals surface area (Å²) in [6.07, 6.45) is 2.24. The topological polar surface area (TPSA) is 76.5 Å². The molecule has 3 rings (SSSR count). The number of hydrogen-bond acceptors (Lipinski definition) is 5. The first-order valence-corrected chi connectivity index (χ1v) is 7.87. The standard InChI is InChI=1S/C15H22N4O3/c20-14(16-5-6-18-7-9-22-10-8-18)11-19-15(21)4-3-13(17-19)12-1-2-12/h3-4,12H,1-2,5-11H2,(H,16,20). The van der Waals surface area contributed by atoms with Gasteiger partial charge in [0.15, 0.2) is 0 Å². The predicted molar refractivity (Wildman–Crippen MR) is 80.7 cm³/mol. The van der Waals surface area contributed by atoms with Crippen LogP contribution in [0.2, 0.25) is 0 Å². The van der Waals surface area contributed by atoms with Crippen molar-refractivity contribution in [2.75, 3.05) is 39.4 Å². The quantitative estimate of drug-likeness (QED) is 0.772. The molecule has 1 aliphatic carbocycles. The minimum atomic E-state index is -0.229. The molecular weight excluding hydrogens is 284 g/mol. The first kappa shape index (κ1) is 15.2. The van der Waals surface area contributed by atoms with E-state index in [1.807, 2.05) is 0 Å². The highest BCUT2D eigenvalue weighted by Gasteiger charge is 2.25. The van der Waals surface area contributed by atoms with Gasteiger partial charge >= 0.3 is 0 Å². The number of amides is 1. The fourth-order valence-corrected chi connectivity index (χ4v) is 2.54. The fourth-order valence-electron chi connectivity index (χ4n) is 2.54. The van der Waals surface area contributed by atoms with E-state index in [0.29, 0.717) is 12.5 Å². The summed E-state index contributed by atoms with van der Waals surface area (Å²) in [6.45, 7) is 4.68. The number of carbonyl (C=O) groups is 1. The zero-order chi connectivity index (χ0) is 15.4. The van der Waals surface area contributed by atoms with E-state index in [1.165, 1.54) is 10.7 Å². The van der Waals surface area contributed by atoms with Crippen LogP contribution < -0.4 is 10.9 Å². The third kappa shape index (κ3) is 4.14. The van der Waals surface area contributed by atoms with Crippen LogP contribution in [0, 0.1) is 0 Å². The molecule has 0 bridgehead atoms. The summed E-state index contributed by atoms with van der Waals surface area (Å²) in [5.74, 6) is 0.298. The van der Waals surface area contributed by atoms with Crippen LogP contribution in [-0.4, -0.2) is 60.0 Å². The second-order valence-electron chi connectivity index (χ2n) is 5.83. The van der Waals surface area contributed by atoms with E-state index in [-0.39, 0.29) is 18.0 Å². The Morgan fingerprint density at radius 3 is 2.82 bits per heavy atom. The number of nitrogens with one attached hydrogen (secondary N) is 1. The van der Waals surface area contributed by atoms with Crippen molar-refractivity contribution in [2.45, 2.75) is 25.3 Å².